The molecule has 0 aliphatic heterocycles. The molecule has 0 unspecified atom stereocenters. The van der Waals surface area contributed by atoms with E-state index < -0.39 is 0 Å². The number of aromatic nitrogens is 1. The summed E-state index contributed by atoms with van der Waals surface area (Å²) >= 11 is 0. The number of carbonyl (C=O) groups is 2. The number of hydrogen-bond donors (Lipinski definition) is 1. The highest BCUT2D eigenvalue weighted by Crippen LogP contribution is 2.14. The largest absolute Gasteiger partial charge is 0.349 e. The van der Waals surface area contributed by atoms with E-state index in [-0.39, 0.29) is 11.6 Å². The van der Waals surface area contributed by atoms with Crippen molar-refractivity contribution in [1.82, 2.24) is 4.98 Å². The van der Waals surface area contributed by atoms with Gasteiger partial charge >= 0.3 is 0 Å². The lowest BCUT2D eigenvalue weighted by molar-refractivity contribution is 0.101. The molecule has 0 spiro atoms. The van der Waals surface area contributed by atoms with Crippen LogP contribution in [0.25, 0.3) is 0 Å². The smallest absolute Gasteiger partial charge is 0.209 e. The molecule has 2 aromatic rings. The summed E-state index contributed by atoms with van der Waals surface area (Å²) < 4.78 is 0. The van der Waals surface area contributed by atoms with Crippen LogP contribution in [0.5, 0.6) is 0 Å². The fourth-order valence-electron chi connectivity index (χ4n) is 1.79. The number of rotatable bonds is 3. The fraction of sp³-hybridized carbons (Fsp3) is 0.143. The molecule has 0 aliphatic rings. The number of hydrogen-bond acceptors (Lipinski definition) is 2. The third-order valence-electron chi connectivity index (χ3n) is 2.65. The molecule has 0 bridgehead atoms. The van der Waals surface area contributed by atoms with Crippen molar-refractivity contribution in [3.63, 3.8) is 0 Å². The first-order chi connectivity index (χ1) is 8.09. The number of aromatic amines is 1. The van der Waals surface area contributed by atoms with Crippen molar-refractivity contribution >= 4 is 11.6 Å². The van der Waals surface area contributed by atoms with Crippen molar-refractivity contribution in [2.75, 3.05) is 0 Å². The van der Waals surface area contributed by atoms with Crippen LogP contribution in [0, 0.1) is 6.92 Å². The van der Waals surface area contributed by atoms with E-state index in [1.54, 1.807) is 18.2 Å². The van der Waals surface area contributed by atoms with E-state index in [9.17, 15) is 9.59 Å². The Morgan fingerprint density at radius 1 is 1.12 bits per heavy atom. The maximum Gasteiger partial charge on any atom is 0.209 e. The van der Waals surface area contributed by atoms with Crippen LogP contribution in [0.2, 0.25) is 0 Å². The Bertz CT molecular complexity index is 567. The molecule has 17 heavy (non-hydrogen) atoms. The van der Waals surface area contributed by atoms with Gasteiger partial charge in [0.05, 0.1) is 11.4 Å². The van der Waals surface area contributed by atoms with Gasteiger partial charge in [-0.1, -0.05) is 30.3 Å². The Balaban J connectivity index is 2.39. The van der Waals surface area contributed by atoms with Crippen LogP contribution in [0.4, 0.5) is 0 Å². The van der Waals surface area contributed by atoms with E-state index in [0.717, 1.165) is 5.56 Å². The second kappa shape index (κ2) is 4.37. The van der Waals surface area contributed by atoms with Crippen molar-refractivity contribution < 1.29 is 9.59 Å². The minimum atomic E-state index is -0.0961. The third kappa shape index (κ3) is 2.18. The lowest BCUT2D eigenvalue weighted by Gasteiger charge is -1.97. The molecule has 0 amide bonds. The summed E-state index contributed by atoms with van der Waals surface area (Å²) in [4.78, 5) is 26.3. The molecule has 0 radical (unpaired) electrons. The first-order valence-corrected chi connectivity index (χ1v) is 5.40. The predicted octanol–water partition coefficient (Wildman–Crippen LogP) is 2.76. The molecule has 0 saturated carbocycles. The summed E-state index contributed by atoms with van der Waals surface area (Å²) in [6, 6.07) is 10.7. The van der Waals surface area contributed by atoms with Crippen LogP contribution in [0.1, 0.15) is 39.0 Å². The molecule has 1 aromatic carbocycles. The van der Waals surface area contributed by atoms with Gasteiger partial charge in [0.1, 0.15) is 0 Å². The van der Waals surface area contributed by atoms with Gasteiger partial charge in [-0.15, -0.1) is 0 Å². The first kappa shape index (κ1) is 11.3. The summed E-state index contributed by atoms with van der Waals surface area (Å²) in [5.41, 5.74) is 2.38. The standard InChI is InChI=1S/C14H13NO2/c1-9-8-12(15-13(9)10(2)16)14(17)11-6-4-3-5-7-11/h3-8,15H,1-2H3. The molecular formula is C14H13NO2. The van der Waals surface area contributed by atoms with Gasteiger partial charge in [-0.05, 0) is 18.6 Å². The van der Waals surface area contributed by atoms with E-state index in [1.807, 2.05) is 25.1 Å². The lowest BCUT2D eigenvalue weighted by Crippen LogP contribution is -2.02. The monoisotopic (exact) mass is 227 g/mol. The summed E-state index contributed by atoms with van der Waals surface area (Å²) in [6.07, 6.45) is 0. The molecule has 86 valence electrons. The minimum Gasteiger partial charge on any atom is -0.349 e. The number of carbonyl (C=O) groups excluding carboxylic acids is 2. The topological polar surface area (TPSA) is 49.9 Å². The van der Waals surface area contributed by atoms with E-state index in [4.69, 9.17) is 0 Å². The number of Topliss-reactive ketones (excluding diaryl/α,β-unsaturated/α-hetero) is 1. The number of nitrogens with one attached hydrogen (secondary N) is 1. The van der Waals surface area contributed by atoms with Gasteiger partial charge in [-0.25, -0.2) is 0 Å². The molecule has 0 saturated heterocycles. The number of ketones is 2. The van der Waals surface area contributed by atoms with Crippen molar-refractivity contribution in [2.24, 2.45) is 0 Å². The Labute approximate surface area is 99.5 Å². The fourth-order valence-corrected chi connectivity index (χ4v) is 1.79. The normalized spacial score (nSPS) is 10.2. The van der Waals surface area contributed by atoms with E-state index in [2.05, 4.69) is 4.98 Å². The summed E-state index contributed by atoms with van der Waals surface area (Å²) in [6.45, 7) is 3.30. The Kier molecular flexibility index (Phi) is 2.91. The molecule has 0 atom stereocenters. The average molecular weight is 227 g/mol. The number of H-pyrrole nitrogens is 1. The average Bonchev–Trinajstić information content (AvgIpc) is 2.71. The molecule has 3 heteroatoms. The SMILES string of the molecule is CC(=O)c1[nH]c(C(=O)c2ccccc2)cc1C. The highest BCUT2D eigenvalue weighted by Gasteiger charge is 2.14. The Morgan fingerprint density at radius 3 is 2.29 bits per heavy atom. The molecule has 3 nitrogen and oxygen atoms in total. The molecule has 0 fully saturated rings. The zero-order valence-corrected chi connectivity index (χ0v) is 9.78. The molecular weight excluding hydrogens is 214 g/mol. The molecule has 1 aromatic heterocycles. The van der Waals surface area contributed by atoms with Gasteiger partial charge in [0.15, 0.2) is 5.78 Å². The van der Waals surface area contributed by atoms with Gasteiger partial charge in [-0.2, -0.15) is 0 Å². The zero-order chi connectivity index (χ0) is 12.4. The van der Waals surface area contributed by atoms with Crippen LogP contribution in [-0.4, -0.2) is 16.6 Å². The second-order valence-corrected chi connectivity index (χ2v) is 3.99. The maximum absolute atomic E-state index is 12.1. The summed E-state index contributed by atoms with van der Waals surface area (Å²) in [5, 5.41) is 0. The molecule has 0 aliphatic carbocycles. The number of benzene rings is 1. The quantitative estimate of drug-likeness (QED) is 0.819. The van der Waals surface area contributed by atoms with Gasteiger partial charge in [0.2, 0.25) is 5.78 Å². The minimum absolute atomic E-state index is 0.0605. The molecule has 1 heterocycles. The van der Waals surface area contributed by atoms with Gasteiger partial charge < -0.3 is 4.98 Å². The summed E-state index contributed by atoms with van der Waals surface area (Å²) in [5.74, 6) is -0.157. The summed E-state index contributed by atoms with van der Waals surface area (Å²) in [7, 11) is 0. The van der Waals surface area contributed by atoms with Crippen molar-refractivity contribution in [2.45, 2.75) is 13.8 Å². The highest BCUT2D eigenvalue weighted by molar-refractivity contribution is 6.09. The van der Waals surface area contributed by atoms with Crippen LogP contribution >= 0.6 is 0 Å². The van der Waals surface area contributed by atoms with Gasteiger partial charge in [0, 0.05) is 12.5 Å². The highest BCUT2D eigenvalue weighted by atomic mass is 16.1. The van der Waals surface area contributed by atoms with Crippen LogP contribution in [0.15, 0.2) is 36.4 Å². The van der Waals surface area contributed by atoms with Crippen LogP contribution in [0.3, 0.4) is 0 Å². The second-order valence-electron chi connectivity index (χ2n) is 3.99. The van der Waals surface area contributed by atoms with E-state index in [1.165, 1.54) is 6.92 Å². The first-order valence-electron chi connectivity index (χ1n) is 5.40. The maximum atomic E-state index is 12.1. The van der Waals surface area contributed by atoms with Gasteiger partial charge in [0.25, 0.3) is 0 Å². The van der Waals surface area contributed by atoms with Crippen LogP contribution < -0.4 is 0 Å². The third-order valence-corrected chi connectivity index (χ3v) is 2.65. The van der Waals surface area contributed by atoms with E-state index >= 15 is 0 Å². The zero-order valence-electron chi connectivity index (χ0n) is 9.78. The molecule has 2 rings (SSSR count). The Hall–Kier alpha value is -2.16. The van der Waals surface area contributed by atoms with E-state index in [0.29, 0.717) is 17.0 Å². The van der Waals surface area contributed by atoms with Crippen molar-refractivity contribution in [3.8, 4) is 0 Å². The van der Waals surface area contributed by atoms with Crippen LogP contribution in [-0.2, 0) is 0 Å². The lowest BCUT2D eigenvalue weighted by atomic mass is 10.1. The van der Waals surface area contributed by atoms with Gasteiger partial charge in [-0.3, -0.25) is 9.59 Å². The Morgan fingerprint density at radius 2 is 1.76 bits per heavy atom. The van der Waals surface area contributed by atoms with Crippen molar-refractivity contribution in [1.29, 1.82) is 0 Å². The predicted molar refractivity (Wildman–Crippen MR) is 65.4 cm³/mol. The van der Waals surface area contributed by atoms with Crippen molar-refractivity contribution in [3.05, 3.63) is 58.9 Å². The molecule has 1 N–H and O–H groups in total. The number of aryl methyl sites for hydroxylation is 1.